The van der Waals surface area contributed by atoms with Crippen molar-refractivity contribution in [3.63, 3.8) is 0 Å². The Morgan fingerprint density at radius 3 is 2.58 bits per heavy atom. The minimum Gasteiger partial charge on any atom is -0.390 e. The van der Waals surface area contributed by atoms with Crippen molar-refractivity contribution >= 4 is 5.78 Å². The first-order valence-corrected chi connectivity index (χ1v) is 12.5. The summed E-state index contributed by atoms with van der Waals surface area (Å²) in [6.07, 6.45) is 9.16. The van der Waals surface area contributed by atoms with Crippen LogP contribution in [0, 0.1) is 53.3 Å². The van der Waals surface area contributed by atoms with Crippen LogP contribution in [0.5, 0.6) is 0 Å². The molecule has 1 aromatic heterocycles. The van der Waals surface area contributed by atoms with Crippen LogP contribution >= 0.6 is 0 Å². The standard InChI is InChI=1S/C25H40N4O2/c1-15-12-20-18-7-6-17-13-23(3,31)10-11-24(17,4)19(18)8-9-25(20,5)22(15)21(30)14-29-27-16(2)26-28-29/h15,17-20,22,31H,6-14H2,1-5H3/t15-,17+,18-,19+,20+,22?,23-,24+,25+/m1/s1. The van der Waals surface area contributed by atoms with Gasteiger partial charge in [-0.1, -0.05) is 20.8 Å². The smallest absolute Gasteiger partial charge is 0.171 e. The minimum atomic E-state index is -0.479. The maximum atomic E-state index is 13.5. The van der Waals surface area contributed by atoms with Gasteiger partial charge < -0.3 is 5.11 Å². The third-order valence-corrected chi connectivity index (χ3v) is 10.5. The first kappa shape index (κ1) is 21.5. The highest BCUT2D eigenvalue weighted by Crippen LogP contribution is 2.68. The van der Waals surface area contributed by atoms with E-state index >= 15 is 0 Å². The van der Waals surface area contributed by atoms with E-state index in [1.165, 1.54) is 30.5 Å². The number of Topliss-reactive ketones (excluding diaryl/α,β-unsaturated/α-hetero) is 1. The van der Waals surface area contributed by atoms with Crippen LogP contribution in [0.25, 0.3) is 0 Å². The van der Waals surface area contributed by atoms with Gasteiger partial charge >= 0.3 is 0 Å². The van der Waals surface area contributed by atoms with E-state index in [-0.39, 0.29) is 17.9 Å². The quantitative estimate of drug-likeness (QED) is 0.780. The Morgan fingerprint density at radius 1 is 1.10 bits per heavy atom. The molecule has 0 saturated heterocycles. The second-order valence-electron chi connectivity index (χ2n) is 12.4. The number of carbonyl (C=O) groups excluding carboxylic acids is 1. The maximum Gasteiger partial charge on any atom is 0.171 e. The molecule has 5 rings (SSSR count). The van der Waals surface area contributed by atoms with Crippen LogP contribution in [-0.2, 0) is 11.3 Å². The first-order valence-electron chi connectivity index (χ1n) is 12.5. The van der Waals surface area contributed by atoms with Crippen LogP contribution < -0.4 is 0 Å². The van der Waals surface area contributed by atoms with E-state index < -0.39 is 5.60 Å². The fourth-order valence-corrected chi connectivity index (χ4v) is 9.11. The zero-order valence-corrected chi connectivity index (χ0v) is 20.0. The van der Waals surface area contributed by atoms with Gasteiger partial charge in [0.15, 0.2) is 11.6 Å². The molecule has 0 aliphatic heterocycles. The van der Waals surface area contributed by atoms with Gasteiger partial charge in [-0.05, 0) is 111 Å². The number of hydrogen-bond acceptors (Lipinski definition) is 5. The number of rotatable bonds is 3. The predicted octanol–water partition coefficient (Wildman–Crippen LogP) is 4.21. The lowest BCUT2D eigenvalue weighted by atomic mass is 9.44. The van der Waals surface area contributed by atoms with Crippen LogP contribution in [-0.4, -0.2) is 36.7 Å². The molecule has 4 aliphatic rings. The Labute approximate surface area is 186 Å². The zero-order chi connectivity index (χ0) is 22.2. The number of hydrogen-bond donors (Lipinski definition) is 1. The molecule has 6 heteroatoms. The van der Waals surface area contributed by atoms with E-state index in [2.05, 4.69) is 36.2 Å². The van der Waals surface area contributed by atoms with E-state index in [0.717, 1.165) is 37.5 Å². The molecule has 0 spiro atoms. The molecular formula is C25H40N4O2. The molecule has 1 aromatic rings. The molecule has 0 amide bonds. The van der Waals surface area contributed by atoms with Gasteiger partial charge in [0.25, 0.3) is 0 Å². The third-order valence-electron chi connectivity index (χ3n) is 10.5. The maximum absolute atomic E-state index is 13.5. The number of ketones is 1. The van der Waals surface area contributed by atoms with Crippen molar-refractivity contribution in [1.29, 1.82) is 0 Å². The molecule has 4 saturated carbocycles. The van der Waals surface area contributed by atoms with Crippen molar-refractivity contribution in [2.75, 3.05) is 0 Å². The van der Waals surface area contributed by atoms with E-state index in [9.17, 15) is 9.90 Å². The molecular weight excluding hydrogens is 388 g/mol. The highest BCUT2D eigenvalue weighted by atomic mass is 16.3. The Kier molecular flexibility index (Phi) is 4.93. The SMILES string of the molecule is Cc1nnn(CC(=O)C2[C@H](C)C[C@H]3[C@@H]4CC[C@H]5C[C@](C)(O)CC[C@]5(C)[C@H]4CC[C@]23C)n1. The van der Waals surface area contributed by atoms with Gasteiger partial charge in [-0.25, -0.2) is 0 Å². The van der Waals surface area contributed by atoms with Crippen molar-refractivity contribution in [1.82, 2.24) is 20.2 Å². The molecule has 1 unspecified atom stereocenters. The number of tetrazole rings is 1. The van der Waals surface area contributed by atoms with Crippen LogP contribution in [0.3, 0.4) is 0 Å². The molecule has 4 aliphatic carbocycles. The van der Waals surface area contributed by atoms with E-state index in [1.54, 1.807) is 0 Å². The van der Waals surface area contributed by atoms with E-state index in [4.69, 9.17) is 0 Å². The summed E-state index contributed by atoms with van der Waals surface area (Å²) in [6.45, 7) is 11.4. The first-order chi connectivity index (χ1) is 14.5. The summed E-state index contributed by atoms with van der Waals surface area (Å²) in [4.78, 5) is 14.9. The normalized spacial score (nSPS) is 49.2. The third kappa shape index (κ3) is 3.30. The summed E-state index contributed by atoms with van der Waals surface area (Å²) in [5.74, 6) is 4.21. The number of fused-ring (bicyclic) bond motifs is 5. The summed E-state index contributed by atoms with van der Waals surface area (Å²) >= 11 is 0. The van der Waals surface area contributed by atoms with Gasteiger partial charge in [-0.15, -0.1) is 10.2 Å². The van der Waals surface area contributed by atoms with Crippen molar-refractivity contribution < 1.29 is 9.90 Å². The predicted molar refractivity (Wildman–Crippen MR) is 118 cm³/mol. The van der Waals surface area contributed by atoms with Crippen molar-refractivity contribution in [2.45, 2.75) is 98.1 Å². The number of carbonyl (C=O) groups is 1. The lowest BCUT2D eigenvalue weighted by Crippen LogP contribution is -2.55. The number of aliphatic hydroxyl groups is 1. The highest BCUT2D eigenvalue weighted by molar-refractivity contribution is 5.82. The molecule has 9 atom stereocenters. The van der Waals surface area contributed by atoms with Gasteiger partial charge in [0.05, 0.1) is 5.60 Å². The molecule has 6 nitrogen and oxygen atoms in total. The topological polar surface area (TPSA) is 80.9 Å². The number of nitrogens with zero attached hydrogens (tertiary/aromatic N) is 4. The summed E-state index contributed by atoms with van der Waals surface area (Å²) in [5, 5.41) is 23.0. The van der Waals surface area contributed by atoms with Crippen molar-refractivity contribution in [2.24, 2.45) is 46.3 Å². The minimum absolute atomic E-state index is 0.0939. The fourth-order valence-electron chi connectivity index (χ4n) is 9.11. The second kappa shape index (κ2) is 7.10. The fraction of sp³-hybridized carbons (Fsp3) is 0.920. The molecule has 0 radical (unpaired) electrons. The number of aromatic nitrogens is 4. The Hall–Kier alpha value is -1.30. The number of aryl methyl sites for hydroxylation is 1. The summed E-state index contributed by atoms with van der Waals surface area (Å²) in [6, 6.07) is 0. The lowest BCUT2D eigenvalue weighted by molar-refractivity contribution is -0.151. The largest absolute Gasteiger partial charge is 0.390 e. The summed E-state index contributed by atoms with van der Waals surface area (Å²) < 4.78 is 0. The summed E-state index contributed by atoms with van der Waals surface area (Å²) in [7, 11) is 0. The monoisotopic (exact) mass is 428 g/mol. The van der Waals surface area contributed by atoms with E-state index in [0.29, 0.717) is 34.8 Å². The van der Waals surface area contributed by atoms with Crippen molar-refractivity contribution in [3.05, 3.63) is 5.82 Å². The highest BCUT2D eigenvalue weighted by Gasteiger charge is 2.63. The average Bonchev–Trinajstić information content (AvgIpc) is 3.21. The van der Waals surface area contributed by atoms with Crippen LogP contribution in [0.1, 0.15) is 84.9 Å². The Morgan fingerprint density at radius 2 is 1.87 bits per heavy atom. The molecule has 1 N–H and O–H groups in total. The Balaban J connectivity index is 1.38. The lowest BCUT2D eigenvalue weighted by Gasteiger charge is -2.61. The van der Waals surface area contributed by atoms with Gasteiger partial charge in [-0.2, -0.15) is 4.80 Å². The van der Waals surface area contributed by atoms with Gasteiger partial charge in [0, 0.05) is 5.92 Å². The Bertz CT molecular complexity index is 865. The van der Waals surface area contributed by atoms with Gasteiger partial charge in [0.1, 0.15) is 6.54 Å². The van der Waals surface area contributed by atoms with Crippen LogP contribution in [0.2, 0.25) is 0 Å². The van der Waals surface area contributed by atoms with Crippen LogP contribution in [0.15, 0.2) is 0 Å². The van der Waals surface area contributed by atoms with Gasteiger partial charge in [-0.3, -0.25) is 4.79 Å². The van der Waals surface area contributed by atoms with Crippen LogP contribution in [0.4, 0.5) is 0 Å². The molecule has 0 bridgehead atoms. The molecule has 1 heterocycles. The second-order valence-corrected chi connectivity index (χ2v) is 12.4. The molecule has 31 heavy (non-hydrogen) atoms. The molecule has 4 fully saturated rings. The summed E-state index contributed by atoms with van der Waals surface area (Å²) in [5.41, 5.74) is -0.0238. The molecule has 172 valence electrons. The van der Waals surface area contributed by atoms with Crippen molar-refractivity contribution in [3.8, 4) is 0 Å². The molecule has 0 aromatic carbocycles. The van der Waals surface area contributed by atoms with Gasteiger partial charge in [0.2, 0.25) is 0 Å². The van der Waals surface area contributed by atoms with E-state index in [1.807, 2.05) is 13.8 Å². The average molecular weight is 429 g/mol. The zero-order valence-electron chi connectivity index (χ0n) is 20.0.